The van der Waals surface area contributed by atoms with E-state index in [1.54, 1.807) is 11.3 Å². The topological polar surface area (TPSA) is 30.3 Å². The van der Waals surface area contributed by atoms with Crippen LogP contribution in [0, 0.1) is 5.92 Å². The largest absolute Gasteiger partial charge is 0.375 e. The minimum Gasteiger partial charge on any atom is -0.375 e. The summed E-state index contributed by atoms with van der Waals surface area (Å²) in [5, 5.41) is 4.44. The van der Waals surface area contributed by atoms with E-state index in [1.807, 2.05) is 12.5 Å². The van der Waals surface area contributed by atoms with Gasteiger partial charge in [0.1, 0.15) is 0 Å². The van der Waals surface area contributed by atoms with E-state index in [-0.39, 0.29) is 0 Å². The van der Waals surface area contributed by atoms with Gasteiger partial charge in [0.2, 0.25) is 0 Å². The van der Waals surface area contributed by atoms with Crippen molar-refractivity contribution in [1.29, 1.82) is 0 Å². The maximum absolute atomic E-state index is 6.14. The molecule has 0 unspecified atom stereocenters. The summed E-state index contributed by atoms with van der Waals surface area (Å²) in [7, 11) is 0. The average Bonchev–Trinajstić information content (AvgIpc) is 3.22. The summed E-state index contributed by atoms with van der Waals surface area (Å²) in [5.74, 6) is 0.620. The minimum atomic E-state index is 0.389. The Hall–Kier alpha value is -1.17. The lowest BCUT2D eigenvalue weighted by Crippen LogP contribution is -2.50. The van der Waals surface area contributed by atoms with Gasteiger partial charge in [-0.2, -0.15) is 11.3 Å². The number of nitrogens with zero attached hydrogens (tertiary/aromatic N) is 3. The predicted octanol–water partition coefficient (Wildman–Crippen LogP) is 2.62. The molecule has 112 valence electrons. The number of morpholine rings is 1. The second-order valence-electron chi connectivity index (χ2n) is 6.10. The third-order valence-corrected chi connectivity index (χ3v) is 5.54. The number of imidazole rings is 1. The van der Waals surface area contributed by atoms with E-state index in [0.717, 1.165) is 26.2 Å². The van der Waals surface area contributed by atoms with E-state index in [2.05, 4.69) is 37.5 Å². The van der Waals surface area contributed by atoms with Gasteiger partial charge in [0.25, 0.3) is 0 Å². The first kappa shape index (κ1) is 13.5. The molecular formula is C16H21N3OS. The first-order valence-corrected chi connectivity index (χ1v) is 8.67. The van der Waals surface area contributed by atoms with Gasteiger partial charge in [0.05, 0.1) is 19.0 Å². The van der Waals surface area contributed by atoms with Crippen molar-refractivity contribution in [2.45, 2.75) is 38.1 Å². The van der Waals surface area contributed by atoms with Crippen molar-refractivity contribution in [2.24, 2.45) is 5.92 Å². The van der Waals surface area contributed by atoms with Crippen LogP contribution >= 0.6 is 11.3 Å². The van der Waals surface area contributed by atoms with Crippen LogP contribution in [0.15, 0.2) is 35.5 Å². The Labute approximate surface area is 129 Å². The highest BCUT2D eigenvalue weighted by Gasteiger charge is 2.42. The van der Waals surface area contributed by atoms with Crippen LogP contribution in [0.5, 0.6) is 0 Å². The molecule has 2 fully saturated rings. The fraction of sp³-hybridized carbons (Fsp3) is 0.562. The Balaban J connectivity index is 1.44. The van der Waals surface area contributed by atoms with Crippen LogP contribution in [0.2, 0.25) is 0 Å². The first-order chi connectivity index (χ1) is 10.4. The molecule has 0 N–H and O–H groups in total. The molecular weight excluding hydrogens is 282 g/mol. The highest BCUT2D eigenvalue weighted by Crippen LogP contribution is 2.36. The monoisotopic (exact) mass is 303 g/mol. The van der Waals surface area contributed by atoms with Gasteiger partial charge in [-0.05, 0) is 35.2 Å². The maximum atomic E-state index is 6.14. The lowest BCUT2D eigenvalue weighted by Gasteiger charge is -2.39. The van der Waals surface area contributed by atoms with E-state index in [1.165, 1.54) is 18.4 Å². The highest BCUT2D eigenvalue weighted by atomic mass is 32.1. The first-order valence-electron chi connectivity index (χ1n) is 7.72. The molecule has 3 atom stereocenters. The van der Waals surface area contributed by atoms with Crippen molar-refractivity contribution in [1.82, 2.24) is 14.5 Å². The number of ether oxygens (including phenoxy) is 1. The van der Waals surface area contributed by atoms with Crippen molar-refractivity contribution in [3.05, 3.63) is 41.1 Å². The van der Waals surface area contributed by atoms with E-state index < -0.39 is 0 Å². The third kappa shape index (κ3) is 2.78. The van der Waals surface area contributed by atoms with E-state index in [9.17, 15) is 0 Å². The molecule has 0 bridgehead atoms. The second-order valence-corrected chi connectivity index (χ2v) is 6.88. The normalized spacial score (nSPS) is 29.6. The summed E-state index contributed by atoms with van der Waals surface area (Å²) < 4.78 is 8.33. The molecule has 0 aromatic carbocycles. The summed E-state index contributed by atoms with van der Waals surface area (Å²) in [6.07, 6.45) is 8.73. The highest BCUT2D eigenvalue weighted by molar-refractivity contribution is 7.07. The van der Waals surface area contributed by atoms with E-state index >= 15 is 0 Å². The van der Waals surface area contributed by atoms with Gasteiger partial charge in [0, 0.05) is 44.0 Å². The number of hydrogen-bond acceptors (Lipinski definition) is 4. The van der Waals surface area contributed by atoms with Gasteiger partial charge in [-0.3, -0.25) is 4.90 Å². The summed E-state index contributed by atoms with van der Waals surface area (Å²) in [5.41, 5.74) is 1.44. The molecule has 4 nitrogen and oxygen atoms in total. The number of aromatic nitrogens is 2. The molecule has 1 aliphatic heterocycles. The van der Waals surface area contributed by atoms with Crippen LogP contribution < -0.4 is 0 Å². The molecule has 2 aromatic rings. The lowest BCUT2D eigenvalue weighted by atomic mass is 10.0. The molecule has 0 amide bonds. The van der Waals surface area contributed by atoms with Crippen molar-refractivity contribution in [3.8, 4) is 0 Å². The number of hydrogen-bond donors (Lipinski definition) is 0. The van der Waals surface area contributed by atoms with Gasteiger partial charge in [-0.1, -0.05) is 0 Å². The zero-order valence-electron chi connectivity index (χ0n) is 12.1. The Kier molecular flexibility index (Phi) is 3.80. The molecule has 4 rings (SSSR count). The Morgan fingerprint density at radius 2 is 2.38 bits per heavy atom. The van der Waals surface area contributed by atoms with Crippen LogP contribution in [0.25, 0.3) is 0 Å². The van der Waals surface area contributed by atoms with Crippen molar-refractivity contribution < 1.29 is 4.74 Å². The van der Waals surface area contributed by atoms with Crippen LogP contribution in [0.4, 0.5) is 0 Å². The molecule has 2 aliphatic rings. The Bertz CT molecular complexity index is 554. The summed E-state index contributed by atoms with van der Waals surface area (Å²) >= 11 is 1.79. The van der Waals surface area contributed by atoms with Crippen molar-refractivity contribution in [2.75, 3.05) is 13.2 Å². The third-order valence-electron chi connectivity index (χ3n) is 4.81. The second kappa shape index (κ2) is 5.91. The van der Waals surface area contributed by atoms with E-state index in [0.29, 0.717) is 18.1 Å². The molecule has 1 aliphatic carbocycles. The van der Waals surface area contributed by atoms with Gasteiger partial charge in [0.15, 0.2) is 0 Å². The van der Waals surface area contributed by atoms with Crippen molar-refractivity contribution >= 4 is 11.3 Å². The average molecular weight is 303 g/mol. The van der Waals surface area contributed by atoms with E-state index in [4.69, 9.17) is 4.74 Å². The Morgan fingerprint density at radius 3 is 3.19 bits per heavy atom. The molecule has 0 spiro atoms. The van der Waals surface area contributed by atoms with Crippen LogP contribution in [0.1, 0.15) is 18.4 Å². The smallest absolute Gasteiger partial charge is 0.0946 e. The van der Waals surface area contributed by atoms with Gasteiger partial charge >= 0.3 is 0 Å². The molecule has 1 saturated carbocycles. The van der Waals surface area contributed by atoms with Gasteiger partial charge < -0.3 is 9.30 Å². The molecule has 2 aromatic heterocycles. The van der Waals surface area contributed by atoms with Crippen LogP contribution in [-0.2, 0) is 17.8 Å². The molecule has 0 radical (unpaired) electrons. The zero-order valence-corrected chi connectivity index (χ0v) is 12.9. The van der Waals surface area contributed by atoms with Gasteiger partial charge in [-0.15, -0.1) is 0 Å². The maximum Gasteiger partial charge on any atom is 0.0946 e. The number of thiophene rings is 1. The molecule has 3 heterocycles. The quantitative estimate of drug-likeness (QED) is 0.870. The summed E-state index contributed by atoms with van der Waals surface area (Å²) in [6, 6.07) is 2.83. The fourth-order valence-corrected chi connectivity index (χ4v) is 4.47. The molecule has 5 heteroatoms. The molecule has 21 heavy (non-hydrogen) atoms. The lowest BCUT2D eigenvalue weighted by molar-refractivity contribution is -0.0785. The van der Waals surface area contributed by atoms with Crippen LogP contribution in [-0.4, -0.2) is 39.7 Å². The number of rotatable bonds is 4. The summed E-state index contributed by atoms with van der Waals surface area (Å²) in [6.45, 7) is 4.04. The fourth-order valence-electron chi connectivity index (χ4n) is 3.81. The minimum absolute atomic E-state index is 0.389. The SMILES string of the molecule is c1cn(C[C@@H]2CC[C@@H]3[C@H]2OCCN3Cc2ccsc2)cn1. The van der Waals surface area contributed by atoms with Gasteiger partial charge in [-0.25, -0.2) is 4.98 Å². The molecule has 1 saturated heterocycles. The zero-order chi connectivity index (χ0) is 14.1. The predicted molar refractivity (Wildman–Crippen MR) is 83.2 cm³/mol. The number of fused-ring (bicyclic) bond motifs is 1. The van der Waals surface area contributed by atoms with Crippen molar-refractivity contribution in [3.63, 3.8) is 0 Å². The Morgan fingerprint density at radius 1 is 1.38 bits per heavy atom. The standard InChI is InChI=1S/C16H21N3OS/c1-2-15-16(14(1)10-18-5-4-17-12-18)20-7-6-19(15)9-13-3-8-21-11-13/h3-5,8,11-12,14-16H,1-2,6-7,9-10H2/t14-,15+,16-/m0/s1. The van der Waals surface area contributed by atoms with Crippen LogP contribution in [0.3, 0.4) is 0 Å². The summed E-state index contributed by atoms with van der Waals surface area (Å²) in [4.78, 5) is 6.78.